The van der Waals surface area contributed by atoms with Crippen LogP contribution in [-0.2, 0) is 11.3 Å². The average molecular weight is 351 g/mol. The third kappa shape index (κ3) is 4.91. The quantitative estimate of drug-likeness (QED) is 0.441. The maximum Gasteiger partial charge on any atom is 0.270 e. The SMILES string of the molecule is CCN(Cc1ccc(Cl)s1)C(=O)C=Cc1cccc([N+](=O)[O-])c1. The van der Waals surface area contributed by atoms with Crippen LogP contribution in [0.5, 0.6) is 0 Å². The summed E-state index contributed by atoms with van der Waals surface area (Å²) in [6.07, 6.45) is 3.01. The minimum Gasteiger partial charge on any atom is -0.334 e. The Morgan fingerprint density at radius 1 is 1.39 bits per heavy atom. The van der Waals surface area contributed by atoms with Gasteiger partial charge in [0.1, 0.15) is 0 Å². The van der Waals surface area contributed by atoms with Gasteiger partial charge < -0.3 is 4.90 Å². The molecule has 7 heteroatoms. The van der Waals surface area contributed by atoms with Gasteiger partial charge >= 0.3 is 0 Å². The van der Waals surface area contributed by atoms with E-state index in [1.807, 2.05) is 13.0 Å². The number of nitrogens with zero attached hydrogens (tertiary/aromatic N) is 2. The highest BCUT2D eigenvalue weighted by molar-refractivity contribution is 7.16. The predicted molar refractivity (Wildman–Crippen MR) is 92.6 cm³/mol. The number of thiophene rings is 1. The summed E-state index contributed by atoms with van der Waals surface area (Å²) in [7, 11) is 0. The molecule has 0 unspecified atom stereocenters. The maximum atomic E-state index is 12.3. The monoisotopic (exact) mass is 350 g/mol. The summed E-state index contributed by atoms with van der Waals surface area (Å²) >= 11 is 7.34. The van der Waals surface area contributed by atoms with Crippen LogP contribution in [0.15, 0.2) is 42.5 Å². The van der Waals surface area contributed by atoms with Crippen molar-refractivity contribution in [2.24, 2.45) is 0 Å². The molecule has 0 aliphatic heterocycles. The van der Waals surface area contributed by atoms with Crippen molar-refractivity contribution >= 4 is 40.6 Å². The van der Waals surface area contributed by atoms with Crippen LogP contribution >= 0.6 is 22.9 Å². The molecular weight excluding hydrogens is 336 g/mol. The van der Waals surface area contributed by atoms with E-state index in [0.29, 0.717) is 23.0 Å². The zero-order chi connectivity index (χ0) is 16.8. The van der Waals surface area contributed by atoms with Crippen molar-refractivity contribution in [2.75, 3.05) is 6.54 Å². The number of non-ortho nitro benzene ring substituents is 1. The maximum absolute atomic E-state index is 12.3. The number of halogens is 1. The molecule has 0 N–H and O–H groups in total. The molecule has 1 aromatic carbocycles. The number of benzene rings is 1. The normalized spacial score (nSPS) is 10.9. The van der Waals surface area contributed by atoms with Crippen LogP contribution in [0.3, 0.4) is 0 Å². The molecule has 0 atom stereocenters. The Balaban J connectivity index is 2.06. The molecule has 0 spiro atoms. The van der Waals surface area contributed by atoms with Gasteiger partial charge in [-0.2, -0.15) is 0 Å². The molecule has 23 heavy (non-hydrogen) atoms. The van der Waals surface area contributed by atoms with Gasteiger partial charge in [-0.05, 0) is 30.7 Å². The molecule has 0 bridgehead atoms. The van der Waals surface area contributed by atoms with Gasteiger partial charge in [0, 0.05) is 29.6 Å². The predicted octanol–water partition coefficient (Wildman–Crippen LogP) is 4.37. The highest BCUT2D eigenvalue weighted by atomic mass is 35.5. The number of amides is 1. The molecule has 0 radical (unpaired) electrons. The van der Waals surface area contributed by atoms with Gasteiger partial charge in [0.25, 0.3) is 5.69 Å². The first kappa shape index (κ1) is 17.2. The van der Waals surface area contributed by atoms with Crippen molar-refractivity contribution in [3.05, 3.63) is 67.4 Å². The Kier molecular flexibility index (Phi) is 5.90. The highest BCUT2D eigenvalue weighted by Gasteiger charge is 2.11. The minimum absolute atomic E-state index is 0.000161. The second-order valence-electron chi connectivity index (χ2n) is 4.74. The molecule has 0 saturated carbocycles. The van der Waals surface area contributed by atoms with E-state index in [1.165, 1.54) is 29.5 Å². The lowest BCUT2D eigenvalue weighted by atomic mass is 10.2. The van der Waals surface area contributed by atoms with Gasteiger partial charge in [0.05, 0.1) is 15.8 Å². The second kappa shape index (κ2) is 7.89. The third-order valence-electron chi connectivity index (χ3n) is 3.17. The van der Waals surface area contributed by atoms with E-state index < -0.39 is 4.92 Å². The molecule has 1 aromatic heterocycles. The number of carbonyl (C=O) groups is 1. The van der Waals surface area contributed by atoms with E-state index in [-0.39, 0.29) is 11.6 Å². The fourth-order valence-corrected chi connectivity index (χ4v) is 3.09. The average Bonchev–Trinajstić information content (AvgIpc) is 2.95. The Bertz CT molecular complexity index is 742. The van der Waals surface area contributed by atoms with Gasteiger partial charge in [0.2, 0.25) is 5.91 Å². The minimum atomic E-state index is -0.460. The van der Waals surface area contributed by atoms with Crippen LogP contribution in [0.1, 0.15) is 17.4 Å². The van der Waals surface area contributed by atoms with Crippen LogP contribution in [0.2, 0.25) is 4.34 Å². The highest BCUT2D eigenvalue weighted by Crippen LogP contribution is 2.23. The summed E-state index contributed by atoms with van der Waals surface area (Å²) in [5, 5.41) is 10.7. The summed E-state index contributed by atoms with van der Waals surface area (Å²) in [6.45, 7) is 2.95. The van der Waals surface area contributed by atoms with E-state index in [9.17, 15) is 14.9 Å². The first-order chi connectivity index (χ1) is 11.0. The van der Waals surface area contributed by atoms with Crippen LogP contribution in [0.4, 0.5) is 5.69 Å². The largest absolute Gasteiger partial charge is 0.334 e. The Hall–Kier alpha value is -2.18. The van der Waals surface area contributed by atoms with E-state index in [1.54, 1.807) is 29.2 Å². The lowest BCUT2D eigenvalue weighted by molar-refractivity contribution is -0.384. The summed E-state index contributed by atoms with van der Waals surface area (Å²) < 4.78 is 0.690. The number of carbonyl (C=O) groups excluding carboxylic acids is 1. The number of likely N-dealkylation sites (N-methyl/N-ethyl adjacent to an activating group) is 1. The van der Waals surface area contributed by atoms with E-state index in [2.05, 4.69) is 0 Å². The molecule has 0 aliphatic rings. The molecule has 5 nitrogen and oxygen atoms in total. The summed E-state index contributed by atoms with van der Waals surface area (Å²) in [5.41, 5.74) is 0.614. The van der Waals surface area contributed by atoms with Crippen molar-refractivity contribution in [3.63, 3.8) is 0 Å². The molecule has 0 saturated heterocycles. The van der Waals surface area contributed by atoms with Crippen molar-refractivity contribution in [1.29, 1.82) is 0 Å². The smallest absolute Gasteiger partial charge is 0.270 e. The number of rotatable bonds is 6. The molecule has 0 fully saturated rings. The summed E-state index contributed by atoms with van der Waals surface area (Å²) in [6, 6.07) is 9.85. The third-order valence-corrected chi connectivity index (χ3v) is 4.38. The van der Waals surface area contributed by atoms with Crippen LogP contribution in [0, 0.1) is 10.1 Å². The van der Waals surface area contributed by atoms with E-state index in [4.69, 9.17) is 11.6 Å². The standard InChI is InChI=1S/C16H15ClN2O3S/c1-2-18(11-14-7-8-15(17)23-14)16(20)9-6-12-4-3-5-13(10-12)19(21)22/h3-10H,2,11H2,1H3. The lowest BCUT2D eigenvalue weighted by Crippen LogP contribution is -2.28. The van der Waals surface area contributed by atoms with Crippen LogP contribution in [-0.4, -0.2) is 22.3 Å². The topological polar surface area (TPSA) is 63.5 Å². The molecule has 2 aromatic rings. The van der Waals surface area contributed by atoms with Gasteiger partial charge in [-0.25, -0.2) is 0 Å². The number of hydrogen-bond acceptors (Lipinski definition) is 4. The van der Waals surface area contributed by atoms with Gasteiger partial charge in [-0.15, -0.1) is 11.3 Å². The van der Waals surface area contributed by atoms with E-state index in [0.717, 1.165) is 4.88 Å². The van der Waals surface area contributed by atoms with E-state index >= 15 is 0 Å². The van der Waals surface area contributed by atoms with Crippen molar-refractivity contribution in [1.82, 2.24) is 4.90 Å². The van der Waals surface area contributed by atoms with Crippen LogP contribution < -0.4 is 0 Å². The lowest BCUT2D eigenvalue weighted by Gasteiger charge is -2.18. The zero-order valence-corrected chi connectivity index (χ0v) is 14.0. The first-order valence-electron chi connectivity index (χ1n) is 6.95. The second-order valence-corrected chi connectivity index (χ2v) is 6.54. The molecule has 2 rings (SSSR count). The molecular formula is C16H15ClN2O3S. The molecule has 120 valence electrons. The molecule has 1 amide bonds. The Morgan fingerprint density at radius 3 is 2.78 bits per heavy atom. The Labute approximate surface area is 143 Å². The molecule has 1 heterocycles. The fourth-order valence-electron chi connectivity index (χ4n) is 1.99. The van der Waals surface area contributed by atoms with Crippen molar-refractivity contribution in [3.8, 4) is 0 Å². The number of nitro benzene ring substituents is 1. The fraction of sp³-hybridized carbons (Fsp3) is 0.188. The van der Waals surface area contributed by atoms with Gasteiger partial charge in [0.15, 0.2) is 0 Å². The zero-order valence-electron chi connectivity index (χ0n) is 12.4. The van der Waals surface area contributed by atoms with Crippen LogP contribution in [0.25, 0.3) is 6.08 Å². The first-order valence-corrected chi connectivity index (χ1v) is 8.14. The molecule has 0 aliphatic carbocycles. The summed E-state index contributed by atoms with van der Waals surface area (Å²) in [5.74, 6) is -0.150. The summed E-state index contributed by atoms with van der Waals surface area (Å²) in [4.78, 5) is 25.2. The number of hydrogen-bond donors (Lipinski definition) is 0. The number of nitro groups is 1. The van der Waals surface area contributed by atoms with Crippen molar-refractivity contribution in [2.45, 2.75) is 13.5 Å². The van der Waals surface area contributed by atoms with Crippen molar-refractivity contribution < 1.29 is 9.72 Å². The van der Waals surface area contributed by atoms with Gasteiger partial charge in [-0.3, -0.25) is 14.9 Å². The van der Waals surface area contributed by atoms with Gasteiger partial charge in [-0.1, -0.05) is 23.7 Å². The Morgan fingerprint density at radius 2 is 2.17 bits per heavy atom.